The van der Waals surface area contributed by atoms with Crippen LogP contribution in [0.4, 0.5) is 4.39 Å². The van der Waals surface area contributed by atoms with Crippen LogP contribution in [0.1, 0.15) is 30.5 Å². The van der Waals surface area contributed by atoms with Crippen molar-refractivity contribution >= 4 is 11.6 Å². The molecule has 0 aliphatic heterocycles. The molecule has 5 heteroatoms. The highest BCUT2D eigenvalue weighted by atomic mass is 35.5. The minimum Gasteiger partial charge on any atom is -0.310 e. The Labute approximate surface area is 123 Å². The molecule has 0 fully saturated rings. The minimum absolute atomic E-state index is 0.0889. The summed E-state index contributed by atoms with van der Waals surface area (Å²) in [5, 5.41) is 11.3. The Kier molecular flexibility index (Phi) is 5.44. The smallest absolute Gasteiger partial charge is 0.142 e. The van der Waals surface area contributed by atoms with Crippen molar-refractivity contribution in [3.8, 4) is 0 Å². The molecule has 0 spiro atoms. The van der Waals surface area contributed by atoms with Gasteiger partial charge in [-0.2, -0.15) is 10.2 Å². The molecule has 1 unspecified atom stereocenters. The monoisotopic (exact) mass is 293 g/mol. The summed E-state index contributed by atoms with van der Waals surface area (Å²) < 4.78 is 13.5. The van der Waals surface area contributed by atoms with Crippen LogP contribution in [0.5, 0.6) is 0 Å². The summed E-state index contributed by atoms with van der Waals surface area (Å²) in [7, 11) is 0. The van der Waals surface area contributed by atoms with E-state index < -0.39 is 0 Å². The summed E-state index contributed by atoms with van der Waals surface area (Å²) in [6.45, 7) is 3.00. The van der Waals surface area contributed by atoms with Gasteiger partial charge in [-0.25, -0.2) is 4.39 Å². The third-order valence-corrected chi connectivity index (χ3v) is 3.38. The number of rotatable bonds is 6. The van der Waals surface area contributed by atoms with Gasteiger partial charge in [0.2, 0.25) is 0 Å². The van der Waals surface area contributed by atoms with E-state index in [-0.39, 0.29) is 16.9 Å². The molecule has 0 amide bonds. The Morgan fingerprint density at radius 1 is 1.30 bits per heavy atom. The van der Waals surface area contributed by atoms with E-state index in [4.69, 9.17) is 11.6 Å². The van der Waals surface area contributed by atoms with E-state index >= 15 is 0 Å². The summed E-state index contributed by atoms with van der Waals surface area (Å²) in [6, 6.07) is 6.93. The van der Waals surface area contributed by atoms with Gasteiger partial charge in [0.1, 0.15) is 5.82 Å². The second-order valence-corrected chi connectivity index (χ2v) is 5.04. The van der Waals surface area contributed by atoms with Gasteiger partial charge in [0, 0.05) is 12.2 Å². The Morgan fingerprint density at radius 3 is 2.80 bits per heavy atom. The molecule has 1 aromatic carbocycles. The summed E-state index contributed by atoms with van der Waals surface area (Å²) in [5.74, 6) is -0.383. The highest BCUT2D eigenvalue weighted by molar-refractivity contribution is 6.30. The molecule has 0 radical (unpaired) electrons. The molecule has 3 nitrogen and oxygen atoms in total. The van der Waals surface area contributed by atoms with Crippen LogP contribution in [-0.4, -0.2) is 16.7 Å². The van der Waals surface area contributed by atoms with Crippen LogP contribution in [-0.2, 0) is 6.42 Å². The lowest BCUT2D eigenvalue weighted by molar-refractivity contribution is 0.524. The number of nitrogens with one attached hydrogen (secondary N) is 1. The molecule has 0 aliphatic carbocycles. The van der Waals surface area contributed by atoms with E-state index in [9.17, 15) is 4.39 Å². The SMILES string of the molecule is CCCNC(Cc1ccc(Cl)c(F)c1)c1ccnnc1. The largest absolute Gasteiger partial charge is 0.310 e. The molecular formula is C15H17ClFN3. The van der Waals surface area contributed by atoms with E-state index in [2.05, 4.69) is 22.4 Å². The topological polar surface area (TPSA) is 37.8 Å². The molecule has 20 heavy (non-hydrogen) atoms. The van der Waals surface area contributed by atoms with Crippen LogP contribution >= 0.6 is 11.6 Å². The molecule has 0 saturated heterocycles. The Hall–Kier alpha value is -1.52. The molecule has 1 atom stereocenters. The van der Waals surface area contributed by atoms with Gasteiger partial charge in [-0.1, -0.05) is 24.6 Å². The Morgan fingerprint density at radius 2 is 2.15 bits per heavy atom. The average Bonchev–Trinajstić information content (AvgIpc) is 2.48. The van der Waals surface area contributed by atoms with Crippen molar-refractivity contribution in [2.75, 3.05) is 6.54 Å². The molecule has 0 aliphatic rings. The predicted octanol–water partition coefficient (Wildman–Crippen LogP) is 3.55. The minimum atomic E-state index is -0.383. The summed E-state index contributed by atoms with van der Waals surface area (Å²) in [4.78, 5) is 0. The molecule has 106 valence electrons. The van der Waals surface area contributed by atoms with Gasteiger partial charge in [-0.15, -0.1) is 0 Å². The maximum Gasteiger partial charge on any atom is 0.142 e. The zero-order valence-electron chi connectivity index (χ0n) is 11.3. The van der Waals surface area contributed by atoms with Gasteiger partial charge in [-0.3, -0.25) is 0 Å². The van der Waals surface area contributed by atoms with E-state index in [1.165, 1.54) is 6.07 Å². The van der Waals surface area contributed by atoms with Crippen molar-refractivity contribution < 1.29 is 4.39 Å². The fourth-order valence-electron chi connectivity index (χ4n) is 2.04. The quantitative estimate of drug-likeness (QED) is 0.885. The van der Waals surface area contributed by atoms with Gasteiger partial charge >= 0.3 is 0 Å². The van der Waals surface area contributed by atoms with Crippen LogP contribution in [0.2, 0.25) is 5.02 Å². The lowest BCUT2D eigenvalue weighted by Gasteiger charge is -2.18. The van der Waals surface area contributed by atoms with Gasteiger partial charge in [0.05, 0.1) is 11.2 Å². The molecule has 2 rings (SSSR count). The third kappa shape index (κ3) is 3.99. The van der Waals surface area contributed by atoms with Crippen molar-refractivity contribution in [2.24, 2.45) is 0 Å². The predicted molar refractivity (Wildman–Crippen MR) is 78.2 cm³/mol. The van der Waals surface area contributed by atoms with Crippen molar-refractivity contribution in [1.82, 2.24) is 15.5 Å². The van der Waals surface area contributed by atoms with Crippen molar-refractivity contribution in [3.05, 3.63) is 58.6 Å². The van der Waals surface area contributed by atoms with Gasteiger partial charge < -0.3 is 5.32 Å². The average molecular weight is 294 g/mol. The Bertz CT molecular complexity index is 548. The first kappa shape index (κ1) is 14.9. The summed E-state index contributed by atoms with van der Waals surface area (Å²) in [6.07, 6.45) is 5.11. The lowest BCUT2D eigenvalue weighted by atomic mass is 10.0. The molecule has 2 aromatic rings. The zero-order valence-corrected chi connectivity index (χ0v) is 12.1. The highest BCUT2D eigenvalue weighted by Gasteiger charge is 2.13. The standard InChI is InChI=1S/C15H17ClFN3/c1-2-6-18-15(12-5-7-19-20-10-12)9-11-3-4-13(16)14(17)8-11/h3-5,7-8,10,15,18H,2,6,9H2,1H3. The maximum absolute atomic E-state index is 13.5. The Balaban J connectivity index is 2.17. The van der Waals surface area contributed by atoms with Crippen LogP contribution in [0.15, 0.2) is 36.7 Å². The lowest BCUT2D eigenvalue weighted by Crippen LogP contribution is -2.24. The third-order valence-electron chi connectivity index (χ3n) is 3.07. The normalized spacial score (nSPS) is 12.3. The fourth-order valence-corrected chi connectivity index (χ4v) is 2.15. The summed E-state index contributed by atoms with van der Waals surface area (Å²) in [5.41, 5.74) is 1.95. The van der Waals surface area contributed by atoms with E-state index in [1.807, 2.05) is 12.1 Å². The first-order valence-electron chi connectivity index (χ1n) is 6.64. The summed E-state index contributed by atoms with van der Waals surface area (Å²) >= 11 is 5.71. The maximum atomic E-state index is 13.5. The fraction of sp³-hybridized carbons (Fsp3) is 0.333. The van der Waals surface area contributed by atoms with Gasteiger partial charge in [0.25, 0.3) is 0 Å². The number of nitrogens with zero attached hydrogens (tertiary/aromatic N) is 2. The van der Waals surface area contributed by atoms with Crippen LogP contribution in [0.3, 0.4) is 0 Å². The van der Waals surface area contributed by atoms with E-state index in [0.29, 0.717) is 6.42 Å². The number of benzene rings is 1. The second kappa shape index (κ2) is 7.31. The van der Waals surface area contributed by atoms with E-state index in [1.54, 1.807) is 18.5 Å². The number of aromatic nitrogens is 2. The molecular weight excluding hydrogens is 277 g/mol. The van der Waals surface area contributed by atoms with Crippen LogP contribution in [0.25, 0.3) is 0 Å². The zero-order chi connectivity index (χ0) is 14.4. The second-order valence-electron chi connectivity index (χ2n) is 4.64. The highest BCUT2D eigenvalue weighted by Crippen LogP contribution is 2.21. The molecule has 0 bridgehead atoms. The molecule has 1 aromatic heterocycles. The first-order chi connectivity index (χ1) is 9.70. The number of hydrogen-bond donors (Lipinski definition) is 1. The molecule has 1 N–H and O–H groups in total. The first-order valence-corrected chi connectivity index (χ1v) is 7.02. The molecule has 0 saturated carbocycles. The van der Waals surface area contributed by atoms with Crippen LogP contribution < -0.4 is 5.32 Å². The number of hydrogen-bond acceptors (Lipinski definition) is 3. The molecule has 1 heterocycles. The number of halogens is 2. The van der Waals surface area contributed by atoms with E-state index in [0.717, 1.165) is 24.1 Å². The van der Waals surface area contributed by atoms with Crippen molar-refractivity contribution in [1.29, 1.82) is 0 Å². The van der Waals surface area contributed by atoms with Crippen LogP contribution in [0, 0.1) is 5.82 Å². The van der Waals surface area contributed by atoms with Gasteiger partial charge in [0.15, 0.2) is 0 Å². The van der Waals surface area contributed by atoms with Gasteiger partial charge in [-0.05, 0) is 48.7 Å². The van der Waals surface area contributed by atoms with Crippen molar-refractivity contribution in [3.63, 3.8) is 0 Å². The van der Waals surface area contributed by atoms with Crippen molar-refractivity contribution in [2.45, 2.75) is 25.8 Å².